The maximum atomic E-state index is 12.0. The molecule has 0 unspecified atom stereocenters. The van der Waals surface area contributed by atoms with Gasteiger partial charge in [-0.25, -0.2) is 4.79 Å². The average molecular weight is 358 g/mol. The average Bonchev–Trinajstić information content (AvgIpc) is 3.19. The molecule has 2 saturated heterocycles. The molecule has 2 amide bonds. The number of urea groups is 1. The first kappa shape index (κ1) is 16.4. The van der Waals surface area contributed by atoms with Gasteiger partial charge >= 0.3 is 6.03 Å². The number of rotatable bonds is 4. The van der Waals surface area contributed by atoms with Crippen LogP contribution in [0.3, 0.4) is 0 Å². The van der Waals surface area contributed by atoms with Crippen molar-refractivity contribution in [3.8, 4) is 0 Å². The van der Waals surface area contributed by atoms with E-state index in [1.165, 1.54) is 5.56 Å². The van der Waals surface area contributed by atoms with E-state index in [0.717, 1.165) is 31.7 Å². The summed E-state index contributed by atoms with van der Waals surface area (Å²) >= 11 is 5.84. The van der Waals surface area contributed by atoms with Crippen LogP contribution in [0.2, 0.25) is 5.02 Å². The van der Waals surface area contributed by atoms with E-state index in [4.69, 9.17) is 16.3 Å². The SMILES string of the molecule is O=C(Nc1ccc(Cl)cc1)Nc1ccc(C[C@@]23CN[C@@H](CO2)C3)cc1. The van der Waals surface area contributed by atoms with Crippen LogP contribution in [-0.2, 0) is 11.2 Å². The number of nitrogens with one attached hydrogen (secondary N) is 3. The summed E-state index contributed by atoms with van der Waals surface area (Å²) in [6.07, 6.45) is 1.98. The van der Waals surface area contributed by atoms with Crippen LogP contribution in [0.1, 0.15) is 12.0 Å². The molecule has 0 radical (unpaired) electrons. The second-order valence-corrected chi connectivity index (χ2v) is 7.17. The fourth-order valence-electron chi connectivity index (χ4n) is 3.52. The molecule has 0 spiro atoms. The molecule has 2 aliphatic rings. The quantitative estimate of drug-likeness (QED) is 0.782. The zero-order chi connectivity index (χ0) is 17.3. The van der Waals surface area contributed by atoms with Crippen LogP contribution in [0.25, 0.3) is 0 Å². The van der Waals surface area contributed by atoms with Crippen molar-refractivity contribution >= 4 is 29.0 Å². The van der Waals surface area contributed by atoms with E-state index in [1.807, 2.05) is 24.3 Å². The van der Waals surface area contributed by atoms with E-state index in [0.29, 0.717) is 16.8 Å². The predicted molar refractivity (Wildman–Crippen MR) is 99.3 cm³/mol. The van der Waals surface area contributed by atoms with Gasteiger partial charge in [-0.1, -0.05) is 23.7 Å². The summed E-state index contributed by atoms with van der Waals surface area (Å²) in [5.41, 5.74) is 2.61. The first-order valence-electron chi connectivity index (χ1n) is 8.40. The molecule has 2 aliphatic heterocycles. The molecule has 3 N–H and O–H groups in total. The van der Waals surface area contributed by atoms with Gasteiger partial charge in [-0.05, 0) is 48.4 Å². The molecule has 2 aromatic carbocycles. The van der Waals surface area contributed by atoms with Crippen molar-refractivity contribution in [3.05, 3.63) is 59.1 Å². The molecule has 0 aromatic heterocycles. The highest BCUT2D eigenvalue weighted by Crippen LogP contribution is 2.34. The molecular formula is C19H20ClN3O2. The van der Waals surface area contributed by atoms with Gasteiger partial charge in [-0.3, -0.25) is 0 Å². The van der Waals surface area contributed by atoms with E-state index >= 15 is 0 Å². The van der Waals surface area contributed by atoms with Gasteiger partial charge in [0.2, 0.25) is 0 Å². The fraction of sp³-hybridized carbons (Fsp3) is 0.316. The number of carbonyl (C=O) groups is 1. The maximum Gasteiger partial charge on any atom is 0.323 e. The normalized spacial score (nSPS) is 24.3. The summed E-state index contributed by atoms with van der Waals surface area (Å²) in [6, 6.07) is 15.1. The summed E-state index contributed by atoms with van der Waals surface area (Å²) in [6.45, 7) is 1.73. The third kappa shape index (κ3) is 3.79. The summed E-state index contributed by atoms with van der Waals surface area (Å²) < 4.78 is 5.96. The van der Waals surface area contributed by atoms with Crippen LogP contribution in [0.15, 0.2) is 48.5 Å². The Kier molecular flexibility index (Phi) is 4.37. The van der Waals surface area contributed by atoms with E-state index in [9.17, 15) is 4.79 Å². The van der Waals surface area contributed by atoms with Crippen molar-refractivity contribution < 1.29 is 9.53 Å². The van der Waals surface area contributed by atoms with Crippen LogP contribution in [0.4, 0.5) is 16.2 Å². The molecule has 5 nitrogen and oxygen atoms in total. The number of morpholine rings is 1. The molecule has 130 valence electrons. The number of fused-ring (bicyclic) bond motifs is 2. The second-order valence-electron chi connectivity index (χ2n) is 6.74. The molecule has 6 heteroatoms. The molecular weight excluding hydrogens is 338 g/mol. The molecule has 2 aromatic rings. The van der Waals surface area contributed by atoms with Gasteiger partial charge in [0.05, 0.1) is 12.2 Å². The Balaban J connectivity index is 1.34. The van der Waals surface area contributed by atoms with Crippen LogP contribution in [0.5, 0.6) is 0 Å². The fourth-order valence-corrected chi connectivity index (χ4v) is 3.65. The minimum absolute atomic E-state index is 0.0500. The number of halogens is 1. The summed E-state index contributed by atoms with van der Waals surface area (Å²) in [5, 5.41) is 9.72. The standard InChI is InChI=1S/C19H20ClN3O2/c20-14-3-7-16(8-4-14)23-18(24)22-15-5-1-13(2-6-15)9-19-10-17(11-25-19)21-12-19/h1-8,17,21H,9-12H2,(H2,22,23,24)/t17-,19-/m1/s1. The van der Waals surface area contributed by atoms with Crippen molar-refractivity contribution in [2.45, 2.75) is 24.5 Å². The molecule has 2 fully saturated rings. The third-order valence-corrected chi connectivity index (χ3v) is 5.01. The largest absolute Gasteiger partial charge is 0.372 e. The number of carbonyl (C=O) groups excluding carboxylic acids is 1. The molecule has 0 saturated carbocycles. The summed E-state index contributed by atoms with van der Waals surface area (Å²) in [7, 11) is 0. The van der Waals surface area contributed by atoms with Gasteiger partial charge in [-0.15, -0.1) is 0 Å². The van der Waals surface area contributed by atoms with Crippen molar-refractivity contribution in [2.75, 3.05) is 23.8 Å². The van der Waals surface area contributed by atoms with Crippen molar-refractivity contribution in [3.63, 3.8) is 0 Å². The smallest absolute Gasteiger partial charge is 0.323 e. The van der Waals surface area contributed by atoms with Crippen LogP contribution < -0.4 is 16.0 Å². The molecule has 2 bridgehead atoms. The minimum atomic E-state index is -0.282. The lowest BCUT2D eigenvalue weighted by molar-refractivity contribution is -0.00521. The monoisotopic (exact) mass is 357 g/mol. The lowest BCUT2D eigenvalue weighted by Crippen LogP contribution is -2.40. The number of amides is 2. The van der Waals surface area contributed by atoms with E-state index < -0.39 is 0 Å². The van der Waals surface area contributed by atoms with E-state index in [2.05, 4.69) is 16.0 Å². The van der Waals surface area contributed by atoms with Gasteiger partial charge in [-0.2, -0.15) is 0 Å². The molecule has 4 rings (SSSR count). The highest BCUT2D eigenvalue weighted by molar-refractivity contribution is 6.30. The highest BCUT2D eigenvalue weighted by atomic mass is 35.5. The first-order valence-corrected chi connectivity index (χ1v) is 8.78. The van der Waals surface area contributed by atoms with Crippen LogP contribution in [-0.4, -0.2) is 30.8 Å². The van der Waals surface area contributed by atoms with Gasteiger partial charge in [0, 0.05) is 35.4 Å². The van der Waals surface area contributed by atoms with Crippen molar-refractivity contribution in [2.24, 2.45) is 0 Å². The molecule has 2 atom stereocenters. The Hall–Kier alpha value is -2.08. The lowest BCUT2D eigenvalue weighted by Gasteiger charge is -2.26. The predicted octanol–water partition coefficient (Wildman–Crippen LogP) is 3.66. The van der Waals surface area contributed by atoms with Gasteiger partial charge < -0.3 is 20.7 Å². The number of ether oxygens (including phenoxy) is 1. The third-order valence-electron chi connectivity index (χ3n) is 4.76. The van der Waals surface area contributed by atoms with Crippen molar-refractivity contribution in [1.82, 2.24) is 5.32 Å². The number of benzene rings is 2. The Morgan fingerprint density at radius 1 is 1.12 bits per heavy atom. The first-order chi connectivity index (χ1) is 12.1. The summed E-state index contributed by atoms with van der Waals surface area (Å²) in [5.74, 6) is 0. The number of hydrogen-bond acceptors (Lipinski definition) is 3. The molecule has 25 heavy (non-hydrogen) atoms. The zero-order valence-electron chi connectivity index (χ0n) is 13.7. The second kappa shape index (κ2) is 6.67. The Labute approximate surface area is 151 Å². The Morgan fingerprint density at radius 3 is 2.28 bits per heavy atom. The zero-order valence-corrected chi connectivity index (χ0v) is 14.5. The Bertz CT molecular complexity index is 753. The van der Waals surface area contributed by atoms with Gasteiger partial charge in [0.15, 0.2) is 0 Å². The van der Waals surface area contributed by atoms with E-state index in [-0.39, 0.29) is 11.6 Å². The van der Waals surface area contributed by atoms with Gasteiger partial charge in [0.25, 0.3) is 0 Å². The van der Waals surface area contributed by atoms with Crippen LogP contribution in [0, 0.1) is 0 Å². The van der Waals surface area contributed by atoms with Crippen molar-refractivity contribution in [1.29, 1.82) is 0 Å². The van der Waals surface area contributed by atoms with E-state index in [1.54, 1.807) is 24.3 Å². The highest BCUT2D eigenvalue weighted by Gasteiger charge is 2.45. The number of anilines is 2. The van der Waals surface area contributed by atoms with Crippen LogP contribution >= 0.6 is 11.6 Å². The Morgan fingerprint density at radius 2 is 1.76 bits per heavy atom. The van der Waals surface area contributed by atoms with Gasteiger partial charge in [0.1, 0.15) is 0 Å². The molecule has 2 heterocycles. The molecule has 0 aliphatic carbocycles. The topological polar surface area (TPSA) is 62.4 Å². The number of hydrogen-bond donors (Lipinski definition) is 3. The lowest BCUT2D eigenvalue weighted by atomic mass is 9.93. The maximum absolute atomic E-state index is 12.0. The summed E-state index contributed by atoms with van der Waals surface area (Å²) in [4.78, 5) is 12.0. The minimum Gasteiger partial charge on any atom is -0.372 e.